The van der Waals surface area contributed by atoms with Crippen molar-refractivity contribution in [2.24, 2.45) is 0 Å². The van der Waals surface area contributed by atoms with E-state index in [1.165, 1.54) is 0 Å². The zero-order chi connectivity index (χ0) is 17.8. The van der Waals surface area contributed by atoms with Crippen molar-refractivity contribution in [1.82, 2.24) is 20.1 Å². The summed E-state index contributed by atoms with van der Waals surface area (Å²) < 4.78 is 7.47. The lowest BCUT2D eigenvalue weighted by Crippen LogP contribution is -2.30. The summed E-state index contributed by atoms with van der Waals surface area (Å²) in [5.41, 5.74) is 0.924. The van der Waals surface area contributed by atoms with Gasteiger partial charge in [0.2, 0.25) is 5.91 Å². The molecule has 0 bridgehead atoms. The van der Waals surface area contributed by atoms with E-state index in [1.807, 2.05) is 48.7 Å². The molecular weight excluding hydrogens is 356 g/mol. The van der Waals surface area contributed by atoms with Gasteiger partial charge in [0.05, 0.1) is 18.0 Å². The summed E-state index contributed by atoms with van der Waals surface area (Å²) >= 11 is 6.81. The van der Waals surface area contributed by atoms with E-state index in [2.05, 4.69) is 15.5 Å². The predicted molar refractivity (Wildman–Crippen MR) is 100 cm³/mol. The molecule has 0 fully saturated rings. The average molecular weight is 374 g/mol. The van der Waals surface area contributed by atoms with Crippen molar-refractivity contribution < 1.29 is 9.53 Å². The number of carbonyl (C=O) groups is 1. The van der Waals surface area contributed by atoms with E-state index >= 15 is 0 Å². The molecule has 0 unspecified atom stereocenters. The van der Waals surface area contributed by atoms with Crippen molar-refractivity contribution in [2.75, 3.05) is 7.11 Å². The molecule has 0 aliphatic carbocycles. The summed E-state index contributed by atoms with van der Waals surface area (Å²) in [5.74, 6) is 1.27. The van der Waals surface area contributed by atoms with Crippen molar-refractivity contribution in [3.8, 4) is 16.5 Å². The van der Waals surface area contributed by atoms with Gasteiger partial charge < -0.3 is 10.1 Å². The first kappa shape index (κ1) is 17.4. The molecule has 2 N–H and O–H groups in total. The molecule has 0 spiro atoms. The molecule has 130 valence electrons. The number of carbonyl (C=O) groups excluding carboxylic acids is 1. The molecule has 8 heteroatoms. The Morgan fingerprint density at radius 2 is 2.20 bits per heavy atom. The van der Waals surface area contributed by atoms with Gasteiger partial charge in [-0.15, -0.1) is 11.3 Å². The summed E-state index contributed by atoms with van der Waals surface area (Å²) in [4.78, 5) is 13.5. The molecule has 0 saturated carbocycles. The van der Waals surface area contributed by atoms with Gasteiger partial charge in [-0.1, -0.05) is 24.3 Å². The Labute approximate surface area is 154 Å². The van der Waals surface area contributed by atoms with Crippen molar-refractivity contribution in [1.29, 1.82) is 0 Å². The van der Waals surface area contributed by atoms with Crippen molar-refractivity contribution >= 4 is 29.5 Å². The second-order valence-electron chi connectivity index (χ2n) is 5.45. The van der Waals surface area contributed by atoms with E-state index in [9.17, 15) is 4.79 Å². The summed E-state index contributed by atoms with van der Waals surface area (Å²) in [7, 11) is 1.62. The SMILES string of the molecule is COc1ccccc1[C@@H](C)NC(=O)Cn1c(-c2cccs2)n[nH]c1=S. The van der Waals surface area contributed by atoms with Crippen LogP contribution in [-0.2, 0) is 11.3 Å². The molecule has 3 aromatic rings. The van der Waals surface area contributed by atoms with Gasteiger partial charge in [0.15, 0.2) is 10.6 Å². The fraction of sp³-hybridized carbons (Fsp3) is 0.235. The topological polar surface area (TPSA) is 71.9 Å². The van der Waals surface area contributed by atoms with E-state index < -0.39 is 0 Å². The third kappa shape index (κ3) is 3.80. The minimum atomic E-state index is -0.185. The van der Waals surface area contributed by atoms with Gasteiger partial charge in [-0.05, 0) is 36.7 Å². The van der Waals surface area contributed by atoms with E-state index in [0.717, 1.165) is 16.2 Å². The van der Waals surface area contributed by atoms with E-state index in [4.69, 9.17) is 17.0 Å². The first-order valence-electron chi connectivity index (χ1n) is 7.71. The quantitative estimate of drug-likeness (QED) is 0.647. The van der Waals surface area contributed by atoms with E-state index in [0.29, 0.717) is 10.6 Å². The van der Waals surface area contributed by atoms with Crippen LogP contribution in [0.5, 0.6) is 5.75 Å². The number of rotatable bonds is 6. The van der Waals surface area contributed by atoms with Crippen LogP contribution in [0.25, 0.3) is 10.7 Å². The zero-order valence-corrected chi connectivity index (χ0v) is 15.5. The Morgan fingerprint density at radius 1 is 1.40 bits per heavy atom. The molecule has 2 aromatic heterocycles. The van der Waals surface area contributed by atoms with Gasteiger partial charge in [-0.2, -0.15) is 5.10 Å². The van der Waals surface area contributed by atoms with E-state index in [-0.39, 0.29) is 18.5 Å². The first-order chi connectivity index (χ1) is 12.1. The highest BCUT2D eigenvalue weighted by atomic mass is 32.1. The molecule has 3 rings (SSSR count). The van der Waals surface area contributed by atoms with Gasteiger partial charge in [-0.25, -0.2) is 0 Å². The number of hydrogen-bond donors (Lipinski definition) is 2. The number of nitrogens with one attached hydrogen (secondary N) is 2. The maximum absolute atomic E-state index is 12.5. The number of H-pyrrole nitrogens is 1. The fourth-order valence-corrected chi connectivity index (χ4v) is 3.51. The fourth-order valence-electron chi connectivity index (χ4n) is 2.59. The monoisotopic (exact) mass is 374 g/mol. The Morgan fingerprint density at radius 3 is 2.92 bits per heavy atom. The van der Waals surface area contributed by atoms with Crippen molar-refractivity contribution in [3.63, 3.8) is 0 Å². The molecule has 6 nitrogen and oxygen atoms in total. The Bertz CT molecular complexity index is 915. The average Bonchev–Trinajstić information content (AvgIpc) is 3.25. The molecule has 0 radical (unpaired) electrons. The Hall–Kier alpha value is -2.45. The van der Waals surface area contributed by atoms with Gasteiger partial charge in [0.25, 0.3) is 0 Å². The number of hydrogen-bond acceptors (Lipinski definition) is 5. The molecule has 1 atom stereocenters. The number of methoxy groups -OCH3 is 1. The number of para-hydroxylation sites is 1. The Kier molecular flexibility index (Phi) is 5.30. The standard InChI is InChI=1S/C17H18N4O2S2/c1-11(12-6-3-4-7-13(12)23-2)18-15(22)10-21-16(19-20-17(21)24)14-8-5-9-25-14/h3-9,11H,10H2,1-2H3,(H,18,22)(H,20,24)/t11-/m1/s1. The highest BCUT2D eigenvalue weighted by Gasteiger charge is 2.17. The minimum Gasteiger partial charge on any atom is -0.496 e. The molecule has 25 heavy (non-hydrogen) atoms. The molecule has 0 aliphatic heterocycles. The summed E-state index contributed by atoms with van der Waals surface area (Å²) in [6, 6.07) is 11.3. The van der Waals surface area contributed by atoms with Gasteiger partial charge >= 0.3 is 0 Å². The van der Waals surface area contributed by atoms with Gasteiger partial charge in [0.1, 0.15) is 12.3 Å². The largest absolute Gasteiger partial charge is 0.496 e. The number of amides is 1. The number of aromatic nitrogens is 3. The lowest BCUT2D eigenvalue weighted by Gasteiger charge is -2.17. The molecular formula is C17H18N4O2S2. The van der Waals surface area contributed by atoms with Crippen LogP contribution in [0.15, 0.2) is 41.8 Å². The zero-order valence-electron chi connectivity index (χ0n) is 13.9. The van der Waals surface area contributed by atoms with Gasteiger partial charge in [-0.3, -0.25) is 14.5 Å². The minimum absolute atomic E-state index is 0.0993. The normalized spacial score (nSPS) is 11.9. The lowest BCUT2D eigenvalue weighted by atomic mass is 10.1. The third-order valence-electron chi connectivity index (χ3n) is 3.78. The van der Waals surface area contributed by atoms with Crippen molar-refractivity contribution in [2.45, 2.75) is 19.5 Å². The van der Waals surface area contributed by atoms with Crippen LogP contribution >= 0.6 is 23.6 Å². The van der Waals surface area contributed by atoms with Crippen LogP contribution in [0.2, 0.25) is 0 Å². The summed E-state index contributed by atoms with van der Waals surface area (Å²) in [6.45, 7) is 2.02. The first-order valence-corrected chi connectivity index (χ1v) is 9.00. The lowest BCUT2D eigenvalue weighted by molar-refractivity contribution is -0.122. The summed E-state index contributed by atoms with van der Waals surface area (Å²) in [5, 5.41) is 11.9. The second kappa shape index (κ2) is 7.62. The van der Waals surface area contributed by atoms with Gasteiger partial charge in [0, 0.05) is 5.56 Å². The van der Waals surface area contributed by atoms with Crippen LogP contribution in [-0.4, -0.2) is 27.8 Å². The highest BCUT2D eigenvalue weighted by Crippen LogP contribution is 2.25. The van der Waals surface area contributed by atoms with Crippen molar-refractivity contribution in [3.05, 3.63) is 52.1 Å². The molecule has 1 amide bonds. The highest BCUT2D eigenvalue weighted by molar-refractivity contribution is 7.71. The van der Waals surface area contributed by atoms with Crippen LogP contribution in [0, 0.1) is 4.77 Å². The number of benzene rings is 1. The number of aromatic amines is 1. The maximum atomic E-state index is 12.5. The third-order valence-corrected chi connectivity index (χ3v) is 4.96. The molecule has 1 aromatic carbocycles. The number of nitrogens with zero attached hydrogens (tertiary/aromatic N) is 2. The number of ether oxygens (including phenoxy) is 1. The molecule has 0 aliphatic rings. The number of thiophene rings is 1. The predicted octanol–water partition coefficient (Wildman–Crippen LogP) is 3.56. The molecule has 2 heterocycles. The van der Waals surface area contributed by atoms with Crippen LogP contribution in [0.1, 0.15) is 18.5 Å². The molecule has 0 saturated heterocycles. The smallest absolute Gasteiger partial charge is 0.240 e. The van der Waals surface area contributed by atoms with Crippen LogP contribution in [0.3, 0.4) is 0 Å². The Balaban J connectivity index is 1.75. The summed E-state index contributed by atoms with van der Waals surface area (Å²) in [6.07, 6.45) is 0. The second-order valence-corrected chi connectivity index (χ2v) is 6.78. The van der Waals surface area contributed by atoms with Crippen LogP contribution in [0.4, 0.5) is 0 Å². The van der Waals surface area contributed by atoms with E-state index in [1.54, 1.807) is 23.0 Å². The maximum Gasteiger partial charge on any atom is 0.240 e. The van der Waals surface area contributed by atoms with Crippen LogP contribution < -0.4 is 10.1 Å².